The molecule has 0 saturated carbocycles. The fraction of sp³-hybridized carbons (Fsp3) is 0.318. The fourth-order valence-electron chi connectivity index (χ4n) is 2.93. The lowest BCUT2D eigenvalue weighted by molar-refractivity contribution is -0.116. The second-order valence-electron chi connectivity index (χ2n) is 7.71. The molecule has 182 valence electrons. The molecule has 0 aliphatic heterocycles. The van der Waals surface area contributed by atoms with Gasteiger partial charge in [-0.2, -0.15) is 0 Å². The summed E-state index contributed by atoms with van der Waals surface area (Å²) < 4.78 is 59.6. The van der Waals surface area contributed by atoms with Crippen LogP contribution in [0.3, 0.4) is 0 Å². The van der Waals surface area contributed by atoms with E-state index in [4.69, 9.17) is 9.15 Å². The van der Waals surface area contributed by atoms with Crippen molar-refractivity contribution in [3.05, 3.63) is 60.0 Å². The largest absolute Gasteiger partial charge is 0.497 e. The third kappa shape index (κ3) is 6.20. The predicted molar refractivity (Wildman–Crippen MR) is 124 cm³/mol. The highest BCUT2D eigenvalue weighted by Gasteiger charge is 2.20. The monoisotopic (exact) mass is 507 g/mol. The molecular formula is C22H25N3O7S2. The van der Waals surface area contributed by atoms with Crippen LogP contribution in [0, 0.1) is 0 Å². The molecule has 12 heteroatoms. The number of anilines is 1. The van der Waals surface area contributed by atoms with Crippen molar-refractivity contribution >= 4 is 31.6 Å². The molecule has 3 rings (SSSR count). The maximum atomic E-state index is 12.4. The average molecular weight is 508 g/mol. The van der Waals surface area contributed by atoms with Crippen molar-refractivity contribution in [2.45, 2.75) is 41.7 Å². The number of aromatic nitrogens is 2. The highest BCUT2D eigenvalue weighted by atomic mass is 32.2. The first-order valence-electron chi connectivity index (χ1n) is 10.3. The van der Waals surface area contributed by atoms with Crippen LogP contribution in [0.5, 0.6) is 5.75 Å². The van der Waals surface area contributed by atoms with Gasteiger partial charge >= 0.3 is 6.01 Å². The molecule has 2 aromatic carbocycles. The molecular weight excluding hydrogens is 482 g/mol. The van der Waals surface area contributed by atoms with Crippen LogP contribution in [0.25, 0.3) is 0 Å². The summed E-state index contributed by atoms with van der Waals surface area (Å²) in [5.74, 6) is -0.241. The number of carbonyl (C=O) groups excluding carboxylic acids is 1. The number of amides is 1. The van der Waals surface area contributed by atoms with Crippen molar-refractivity contribution in [1.82, 2.24) is 10.2 Å². The molecule has 0 bridgehead atoms. The molecule has 0 aliphatic rings. The number of hydrogen-bond donors (Lipinski definition) is 1. The van der Waals surface area contributed by atoms with Crippen molar-refractivity contribution in [3.8, 4) is 5.75 Å². The van der Waals surface area contributed by atoms with E-state index in [1.54, 1.807) is 26.0 Å². The Bertz CT molecular complexity index is 1350. The second-order valence-corrected chi connectivity index (χ2v) is 12.3. The van der Waals surface area contributed by atoms with Gasteiger partial charge in [-0.05, 0) is 55.8 Å². The van der Waals surface area contributed by atoms with Gasteiger partial charge in [-0.15, -0.1) is 5.10 Å². The average Bonchev–Trinajstić information content (AvgIpc) is 3.24. The van der Waals surface area contributed by atoms with Gasteiger partial charge in [-0.1, -0.05) is 17.2 Å². The minimum absolute atomic E-state index is 0.0911. The molecule has 0 unspecified atom stereocenters. The first-order valence-corrected chi connectivity index (χ1v) is 13.5. The molecule has 0 fully saturated rings. The van der Waals surface area contributed by atoms with Crippen LogP contribution in [0.2, 0.25) is 0 Å². The van der Waals surface area contributed by atoms with Crippen molar-refractivity contribution in [2.24, 2.45) is 0 Å². The summed E-state index contributed by atoms with van der Waals surface area (Å²) in [4.78, 5) is 12.5. The van der Waals surface area contributed by atoms with Crippen LogP contribution in [0.1, 0.15) is 31.7 Å². The van der Waals surface area contributed by atoms with Gasteiger partial charge in [-0.3, -0.25) is 10.1 Å². The molecule has 10 nitrogen and oxygen atoms in total. The Morgan fingerprint density at radius 2 is 1.59 bits per heavy atom. The third-order valence-electron chi connectivity index (χ3n) is 4.96. The van der Waals surface area contributed by atoms with Crippen LogP contribution in [-0.4, -0.2) is 51.1 Å². The number of ether oxygens (including phenoxy) is 1. The molecule has 3 aromatic rings. The second kappa shape index (κ2) is 10.3. The van der Waals surface area contributed by atoms with Gasteiger partial charge in [0.25, 0.3) is 0 Å². The standard InChI is InChI=1S/C22H25N3O7S2/c1-15(2)34(29,30)19-8-4-16(5-9-19)14-21-24-25-22(32-21)23-20(26)12-13-33(27,28)18-10-6-17(31-3)7-11-18/h4-11,15H,12-14H2,1-3H3,(H,23,25,26). The highest BCUT2D eigenvalue weighted by Crippen LogP contribution is 2.19. The van der Waals surface area contributed by atoms with Gasteiger partial charge in [0, 0.05) is 6.42 Å². The van der Waals surface area contributed by atoms with E-state index in [0.29, 0.717) is 5.75 Å². The minimum atomic E-state index is -3.65. The Kier molecular flexibility index (Phi) is 7.72. The first-order chi connectivity index (χ1) is 16.0. The number of nitrogens with one attached hydrogen (secondary N) is 1. The Labute approximate surface area is 198 Å². The van der Waals surface area contributed by atoms with Gasteiger partial charge in [0.05, 0.1) is 34.3 Å². The smallest absolute Gasteiger partial charge is 0.322 e. The molecule has 0 atom stereocenters. The lowest BCUT2D eigenvalue weighted by atomic mass is 10.1. The third-order valence-corrected chi connectivity index (χ3v) is 8.86. The van der Waals surface area contributed by atoms with Crippen LogP contribution >= 0.6 is 0 Å². The van der Waals surface area contributed by atoms with Crippen LogP contribution in [-0.2, 0) is 30.9 Å². The molecule has 1 aromatic heterocycles. The van der Waals surface area contributed by atoms with Gasteiger partial charge < -0.3 is 9.15 Å². The zero-order valence-electron chi connectivity index (χ0n) is 18.9. The van der Waals surface area contributed by atoms with E-state index in [1.165, 1.54) is 43.5 Å². The number of methoxy groups -OCH3 is 1. The van der Waals surface area contributed by atoms with Crippen LogP contribution in [0.15, 0.2) is 62.7 Å². The maximum Gasteiger partial charge on any atom is 0.322 e. The summed E-state index contributed by atoms with van der Waals surface area (Å²) in [5.41, 5.74) is 0.745. The summed E-state index contributed by atoms with van der Waals surface area (Å²) in [7, 11) is -5.53. The molecule has 1 heterocycles. The van der Waals surface area contributed by atoms with Crippen LogP contribution < -0.4 is 10.1 Å². The summed E-state index contributed by atoms with van der Waals surface area (Å²) >= 11 is 0. The zero-order valence-corrected chi connectivity index (χ0v) is 20.5. The van der Waals surface area contributed by atoms with Gasteiger partial charge in [-0.25, -0.2) is 16.8 Å². The van der Waals surface area contributed by atoms with E-state index in [9.17, 15) is 21.6 Å². The molecule has 0 spiro atoms. The van der Waals surface area contributed by atoms with E-state index in [2.05, 4.69) is 15.5 Å². The SMILES string of the molecule is COc1ccc(S(=O)(=O)CCC(=O)Nc2nnc(Cc3ccc(S(=O)(=O)C(C)C)cc3)o2)cc1. The number of rotatable bonds is 10. The first kappa shape index (κ1) is 25.4. The van der Waals surface area contributed by atoms with Gasteiger partial charge in [0.1, 0.15) is 5.75 Å². The Morgan fingerprint density at radius 3 is 2.18 bits per heavy atom. The molecule has 34 heavy (non-hydrogen) atoms. The summed E-state index contributed by atoms with van der Waals surface area (Å²) in [6.07, 6.45) is -0.0609. The Hall–Kier alpha value is -3.25. The lowest BCUT2D eigenvalue weighted by Gasteiger charge is -2.08. The number of hydrogen-bond acceptors (Lipinski definition) is 9. The van der Waals surface area contributed by atoms with Gasteiger partial charge in [0.2, 0.25) is 11.8 Å². The lowest BCUT2D eigenvalue weighted by Crippen LogP contribution is -2.17. The van der Waals surface area contributed by atoms with Crippen molar-refractivity contribution in [3.63, 3.8) is 0 Å². The number of nitrogens with zero attached hydrogens (tertiary/aromatic N) is 2. The molecule has 0 saturated heterocycles. The number of sulfone groups is 2. The maximum absolute atomic E-state index is 12.4. The molecule has 1 N–H and O–H groups in total. The summed E-state index contributed by atoms with van der Waals surface area (Å²) in [5, 5.41) is 9.47. The van der Waals surface area contributed by atoms with E-state index in [0.717, 1.165) is 5.56 Å². The van der Waals surface area contributed by atoms with E-state index in [-0.39, 0.29) is 34.5 Å². The predicted octanol–water partition coefficient (Wildman–Crippen LogP) is 2.65. The summed E-state index contributed by atoms with van der Waals surface area (Å²) in [6, 6.07) is 12.1. The number of benzene rings is 2. The van der Waals surface area contributed by atoms with Gasteiger partial charge in [0.15, 0.2) is 19.7 Å². The minimum Gasteiger partial charge on any atom is -0.497 e. The van der Waals surface area contributed by atoms with Crippen molar-refractivity contribution < 1.29 is 30.8 Å². The molecule has 1 amide bonds. The summed E-state index contributed by atoms with van der Waals surface area (Å²) in [6.45, 7) is 3.23. The van der Waals surface area contributed by atoms with Crippen LogP contribution in [0.4, 0.5) is 6.01 Å². The number of carbonyl (C=O) groups is 1. The van der Waals surface area contributed by atoms with Crippen molar-refractivity contribution in [2.75, 3.05) is 18.2 Å². The molecule has 0 aliphatic carbocycles. The Morgan fingerprint density at radius 1 is 0.971 bits per heavy atom. The quantitative estimate of drug-likeness (QED) is 0.437. The van der Waals surface area contributed by atoms with E-state index >= 15 is 0 Å². The van der Waals surface area contributed by atoms with E-state index < -0.39 is 36.6 Å². The molecule has 0 radical (unpaired) electrons. The highest BCUT2D eigenvalue weighted by molar-refractivity contribution is 7.92. The zero-order chi connectivity index (χ0) is 24.9. The normalized spacial score (nSPS) is 12.0. The van der Waals surface area contributed by atoms with E-state index in [1.807, 2.05) is 0 Å². The Balaban J connectivity index is 1.55. The topological polar surface area (TPSA) is 146 Å². The van der Waals surface area contributed by atoms with Crippen molar-refractivity contribution in [1.29, 1.82) is 0 Å². The fourth-order valence-corrected chi connectivity index (χ4v) is 5.23.